The minimum Gasteiger partial charge on any atom is -0.380 e. The molecule has 0 unspecified atom stereocenters. The zero-order chi connectivity index (χ0) is 13.0. The predicted octanol–water partition coefficient (Wildman–Crippen LogP) is 3.37. The van der Waals surface area contributed by atoms with Crippen LogP contribution in [0, 0.1) is 0 Å². The first-order chi connectivity index (χ1) is 8.38. The van der Waals surface area contributed by atoms with Crippen molar-refractivity contribution in [1.29, 1.82) is 0 Å². The highest BCUT2D eigenvalue weighted by molar-refractivity contribution is 5.54. The van der Waals surface area contributed by atoms with E-state index in [-0.39, 0.29) is 5.54 Å². The highest BCUT2D eigenvalue weighted by Crippen LogP contribution is 2.52. The van der Waals surface area contributed by atoms with Gasteiger partial charge >= 0.3 is 0 Å². The van der Waals surface area contributed by atoms with Gasteiger partial charge in [0.05, 0.1) is 0 Å². The zero-order valence-electron chi connectivity index (χ0n) is 12.0. The van der Waals surface area contributed by atoms with E-state index in [1.807, 2.05) is 0 Å². The molecule has 1 heterocycles. The summed E-state index contributed by atoms with van der Waals surface area (Å²) in [4.78, 5) is 2.46. The molecule has 1 aliphatic heterocycles. The Morgan fingerprint density at radius 3 is 2.56 bits per heavy atom. The summed E-state index contributed by atoms with van der Waals surface area (Å²) >= 11 is 0. The molecule has 0 aromatic heterocycles. The number of hydrogen-bond donors (Lipinski definition) is 1. The molecule has 1 N–H and O–H groups in total. The van der Waals surface area contributed by atoms with E-state index >= 15 is 0 Å². The van der Waals surface area contributed by atoms with Crippen LogP contribution in [0.3, 0.4) is 0 Å². The summed E-state index contributed by atoms with van der Waals surface area (Å²) < 4.78 is 0. The Hall–Kier alpha value is -1.02. The Balaban J connectivity index is 1.95. The van der Waals surface area contributed by atoms with Crippen molar-refractivity contribution in [2.75, 3.05) is 18.9 Å². The number of fused-ring (bicyclic) bond motifs is 2. The quantitative estimate of drug-likeness (QED) is 0.815. The summed E-state index contributed by atoms with van der Waals surface area (Å²) in [6.07, 6.45) is 2.73. The summed E-state index contributed by atoms with van der Waals surface area (Å²) in [5.74, 6) is 0. The molecule has 18 heavy (non-hydrogen) atoms. The summed E-state index contributed by atoms with van der Waals surface area (Å²) in [5, 5.41) is 3.59. The molecule has 1 fully saturated rings. The summed E-state index contributed by atoms with van der Waals surface area (Å²) in [7, 11) is 2.24. The van der Waals surface area contributed by atoms with Crippen LogP contribution in [0.4, 0.5) is 5.69 Å². The fraction of sp³-hybridized carbons (Fsp3) is 0.625. The first-order valence-electron chi connectivity index (χ1n) is 6.98. The average Bonchev–Trinajstić information content (AvgIpc) is 2.97. The summed E-state index contributed by atoms with van der Waals surface area (Å²) in [6.45, 7) is 8.99. The molecule has 3 rings (SSSR count). The van der Waals surface area contributed by atoms with Gasteiger partial charge in [0.25, 0.3) is 0 Å². The van der Waals surface area contributed by atoms with Gasteiger partial charge in [-0.05, 0) is 63.9 Å². The molecular formula is C16H24N2. The Kier molecular flexibility index (Phi) is 2.50. The molecule has 98 valence electrons. The molecule has 0 bridgehead atoms. The van der Waals surface area contributed by atoms with Crippen LogP contribution in [0.2, 0.25) is 0 Å². The molecule has 1 spiro atoms. The van der Waals surface area contributed by atoms with Crippen LogP contribution in [-0.4, -0.2) is 24.0 Å². The Bertz CT molecular complexity index is 466. The second-order valence-corrected chi connectivity index (χ2v) is 7.20. The molecule has 2 nitrogen and oxygen atoms in total. The fourth-order valence-electron chi connectivity index (χ4n) is 3.25. The largest absolute Gasteiger partial charge is 0.380 e. The highest BCUT2D eigenvalue weighted by atomic mass is 15.1. The van der Waals surface area contributed by atoms with E-state index in [0.717, 1.165) is 6.54 Å². The first kappa shape index (κ1) is 12.0. The monoisotopic (exact) mass is 244 g/mol. The van der Waals surface area contributed by atoms with E-state index in [1.165, 1.54) is 30.6 Å². The molecule has 0 atom stereocenters. The van der Waals surface area contributed by atoms with Crippen molar-refractivity contribution in [3.63, 3.8) is 0 Å². The minimum atomic E-state index is 0.135. The fourth-order valence-corrected chi connectivity index (χ4v) is 3.25. The molecule has 0 amide bonds. The molecule has 1 saturated carbocycles. The number of likely N-dealkylation sites (N-methyl/N-ethyl adjacent to an activating group) is 1. The maximum Gasteiger partial charge on any atom is 0.0347 e. The van der Waals surface area contributed by atoms with E-state index in [1.54, 1.807) is 5.56 Å². The van der Waals surface area contributed by atoms with Gasteiger partial charge in [-0.25, -0.2) is 0 Å². The van der Waals surface area contributed by atoms with Crippen LogP contribution in [0.25, 0.3) is 0 Å². The van der Waals surface area contributed by atoms with Crippen molar-refractivity contribution in [3.8, 4) is 0 Å². The summed E-state index contributed by atoms with van der Waals surface area (Å²) in [6, 6.07) is 6.96. The van der Waals surface area contributed by atoms with Gasteiger partial charge in [0, 0.05) is 29.7 Å². The lowest BCUT2D eigenvalue weighted by Gasteiger charge is -2.33. The van der Waals surface area contributed by atoms with Gasteiger partial charge in [0.2, 0.25) is 0 Å². The van der Waals surface area contributed by atoms with Gasteiger partial charge in [0.1, 0.15) is 0 Å². The molecule has 2 aliphatic rings. The van der Waals surface area contributed by atoms with Crippen LogP contribution in [-0.2, 0) is 12.0 Å². The molecule has 2 heteroatoms. The molecule has 1 aromatic rings. The van der Waals surface area contributed by atoms with Crippen LogP contribution in [0.5, 0.6) is 0 Å². The van der Waals surface area contributed by atoms with Crippen molar-refractivity contribution < 1.29 is 0 Å². The Labute approximate surface area is 110 Å². The second-order valence-electron chi connectivity index (χ2n) is 7.20. The number of hydrogen-bond acceptors (Lipinski definition) is 2. The van der Waals surface area contributed by atoms with Crippen molar-refractivity contribution >= 4 is 5.69 Å². The van der Waals surface area contributed by atoms with E-state index in [2.05, 4.69) is 56.2 Å². The van der Waals surface area contributed by atoms with Crippen molar-refractivity contribution in [2.24, 2.45) is 0 Å². The van der Waals surface area contributed by atoms with Gasteiger partial charge in [-0.2, -0.15) is 0 Å². The lowest BCUT2D eigenvalue weighted by Crippen LogP contribution is -2.35. The van der Waals surface area contributed by atoms with Crippen molar-refractivity contribution in [1.82, 2.24) is 4.90 Å². The maximum absolute atomic E-state index is 3.59. The van der Waals surface area contributed by atoms with Gasteiger partial charge in [-0.1, -0.05) is 6.07 Å². The third-order valence-electron chi connectivity index (χ3n) is 4.07. The lowest BCUT2D eigenvalue weighted by atomic mass is 9.86. The third-order valence-corrected chi connectivity index (χ3v) is 4.07. The SMILES string of the molecule is CN1Cc2ccc(NC(C)(C)C)cc2C2(CC2)C1. The van der Waals surface area contributed by atoms with E-state index in [0.29, 0.717) is 5.41 Å². The van der Waals surface area contributed by atoms with Gasteiger partial charge in [0.15, 0.2) is 0 Å². The van der Waals surface area contributed by atoms with Crippen LogP contribution in [0.15, 0.2) is 18.2 Å². The minimum absolute atomic E-state index is 0.135. The number of nitrogens with zero attached hydrogens (tertiary/aromatic N) is 1. The van der Waals surface area contributed by atoms with E-state index in [9.17, 15) is 0 Å². The lowest BCUT2D eigenvalue weighted by molar-refractivity contribution is 0.271. The van der Waals surface area contributed by atoms with Crippen LogP contribution in [0.1, 0.15) is 44.7 Å². The average molecular weight is 244 g/mol. The molecular weight excluding hydrogens is 220 g/mol. The van der Waals surface area contributed by atoms with Gasteiger partial charge in [-0.15, -0.1) is 0 Å². The topological polar surface area (TPSA) is 15.3 Å². The third kappa shape index (κ3) is 2.14. The van der Waals surface area contributed by atoms with Gasteiger partial charge < -0.3 is 10.2 Å². The number of nitrogens with one attached hydrogen (secondary N) is 1. The first-order valence-corrected chi connectivity index (χ1v) is 6.98. The number of anilines is 1. The second kappa shape index (κ2) is 3.74. The van der Waals surface area contributed by atoms with Crippen molar-refractivity contribution in [3.05, 3.63) is 29.3 Å². The predicted molar refractivity (Wildman–Crippen MR) is 77.1 cm³/mol. The van der Waals surface area contributed by atoms with E-state index in [4.69, 9.17) is 0 Å². The van der Waals surface area contributed by atoms with Crippen molar-refractivity contribution in [2.45, 2.75) is 51.1 Å². The molecule has 1 aromatic carbocycles. The number of rotatable bonds is 1. The number of benzene rings is 1. The van der Waals surface area contributed by atoms with Crippen LogP contribution < -0.4 is 5.32 Å². The Morgan fingerprint density at radius 1 is 1.22 bits per heavy atom. The normalized spacial score (nSPS) is 21.8. The summed E-state index contributed by atoms with van der Waals surface area (Å²) in [5.41, 5.74) is 5.03. The molecule has 0 radical (unpaired) electrons. The van der Waals surface area contributed by atoms with Crippen LogP contribution >= 0.6 is 0 Å². The Morgan fingerprint density at radius 2 is 1.94 bits per heavy atom. The van der Waals surface area contributed by atoms with E-state index < -0.39 is 0 Å². The van der Waals surface area contributed by atoms with Gasteiger partial charge in [-0.3, -0.25) is 0 Å². The molecule has 1 aliphatic carbocycles. The molecule has 0 saturated heterocycles. The smallest absolute Gasteiger partial charge is 0.0347 e. The zero-order valence-corrected chi connectivity index (χ0v) is 12.0. The standard InChI is InChI=1S/C16H24N2/c1-15(2,3)17-13-6-5-12-10-18(4)11-16(7-8-16)14(12)9-13/h5-6,9,17H,7-8,10-11H2,1-4H3. The highest BCUT2D eigenvalue weighted by Gasteiger charge is 2.48. The maximum atomic E-state index is 3.59.